The first kappa shape index (κ1) is 38.0. The van der Waals surface area contributed by atoms with E-state index in [-0.39, 0.29) is 56.0 Å². The minimum absolute atomic E-state index is 0.118. The number of urea groups is 2. The molecule has 0 bridgehead atoms. The third kappa shape index (κ3) is 9.98. The molecule has 0 saturated carbocycles. The Morgan fingerprint density at radius 3 is 2.33 bits per heavy atom. The van der Waals surface area contributed by atoms with E-state index in [1.165, 1.54) is 0 Å². The zero-order valence-corrected chi connectivity index (χ0v) is 30.3. The normalized spacial score (nSPS) is 19.7. The van der Waals surface area contributed by atoms with Crippen LogP contribution in [0.4, 0.5) is 26.7 Å². The van der Waals surface area contributed by atoms with Crippen LogP contribution >= 0.6 is 0 Å². The Balaban J connectivity index is 1.34. The van der Waals surface area contributed by atoms with Crippen molar-refractivity contribution in [3.63, 3.8) is 0 Å². The third-order valence-corrected chi connectivity index (χ3v) is 9.08. The Kier molecular flexibility index (Phi) is 13.0. The van der Waals surface area contributed by atoms with Crippen molar-refractivity contribution in [2.75, 3.05) is 63.2 Å². The first-order valence-corrected chi connectivity index (χ1v) is 17.5. The molecule has 5 rings (SSSR count). The predicted molar refractivity (Wildman–Crippen MR) is 197 cm³/mol. The Bertz CT molecular complexity index is 1690. The summed E-state index contributed by atoms with van der Waals surface area (Å²) < 4.78 is 28.6. The Hall–Kier alpha value is -5.21. The number of hydrogen-bond donors (Lipinski definition) is 4. The van der Waals surface area contributed by atoms with Crippen LogP contribution in [0.5, 0.6) is 23.0 Å². The van der Waals surface area contributed by atoms with Gasteiger partial charge in [-0.05, 0) is 87.7 Å². The number of benzene rings is 3. The maximum atomic E-state index is 14.4. The van der Waals surface area contributed by atoms with Gasteiger partial charge in [0.25, 0.3) is 5.91 Å². The van der Waals surface area contributed by atoms with Gasteiger partial charge in [-0.15, -0.1) is 0 Å². The van der Waals surface area contributed by atoms with Crippen LogP contribution in [0, 0.1) is 5.92 Å². The predicted octanol–water partition coefficient (Wildman–Crippen LogP) is 6.03. The number of likely N-dealkylation sites (N-methyl/N-ethyl adjacent to an activating group) is 1. The zero-order valence-electron chi connectivity index (χ0n) is 30.3. The Morgan fingerprint density at radius 2 is 1.62 bits per heavy atom. The number of fused-ring (bicyclic) bond motifs is 2. The standard InChI is InChI=1S/C38H49N5O9/c1-24-20-43(25(2)22-44)36(45)31-18-28(39-37(46)40-29-12-16-33-34(19-29)51-23-50-33)11-15-32(31)52-26(3)8-6-7-17-49-35(24)21-42(4)38(47)41-27-9-13-30(48-5)14-10-27/h9-16,18-19,24-26,35,44H,6-8,17,20-23H2,1-5H3,(H,41,47)(H2,39,40,46)/t24-,25+,26+,35-/m1/s1. The lowest BCUT2D eigenvalue weighted by Crippen LogP contribution is -2.48. The summed E-state index contributed by atoms with van der Waals surface area (Å²) in [4.78, 5) is 43.8. The Labute approximate surface area is 304 Å². The topological polar surface area (TPSA) is 160 Å². The maximum Gasteiger partial charge on any atom is 0.323 e. The zero-order chi connectivity index (χ0) is 37.2. The lowest BCUT2D eigenvalue weighted by atomic mass is 10.0. The number of nitrogens with zero attached hydrogens (tertiary/aromatic N) is 2. The molecule has 3 aromatic carbocycles. The van der Waals surface area contributed by atoms with E-state index in [0.717, 1.165) is 19.3 Å². The van der Waals surface area contributed by atoms with Crippen LogP contribution < -0.4 is 34.9 Å². The van der Waals surface area contributed by atoms with Crippen LogP contribution in [-0.2, 0) is 4.74 Å². The summed E-state index contributed by atoms with van der Waals surface area (Å²) in [6.07, 6.45) is 1.69. The van der Waals surface area contributed by atoms with Gasteiger partial charge in [-0.3, -0.25) is 4.79 Å². The molecule has 0 saturated heterocycles. The van der Waals surface area contributed by atoms with Gasteiger partial charge in [0.2, 0.25) is 6.79 Å². The summed E-state index contributed by atoms with van der Waals surface area (Å²) >= 11 is 0. The van der Waals surface area contributed by atoms with Crippen molar-refractivity contribution in [3.05, 3.63) is 66.2 Å². The Morgan fingerprint density at radius 1 is 0.942 bits per heavy atom. The molecule has 3 aromatic rings. The SMILES string of the molecule is COc1ccc(NC(=O)N(C)C[C@H]2OCCCC[C@H](C)Oc3ccc(NC(=O)Nc4ccc5c(c4)OCO5)cc3C(=O)N([C@@H](C)CO)C[C@H]2C)cc1. The molecule has 2 heterocycles. The van der Waals surface area contributed by atoms with Crippen LogP contribution in [0.3, 0.4) is 0 Å². The smallest absolute Gasteiger partial charge is 0.323 e. The molecular formula is C38H49N5O9. The number of carbonyl (C=O) groups is 3. The molecular weight excluding hydrogens is 670 g/mol. The van der Waals surface area contributed by atoms with E-state index in [4.69, 9.17) is 23.7 Å². The largest absolute Gasteiger partial charge is 0.497 e. The van der Waals surface area contributed by atoms with Gasteiger partial charge < -0.3 is 54.5 Å². The first-order chi connectivity index (χ1) is 25.0. The van der Waals surface area contributed by atoms with Crippen LogP contribution in [0.2, 0.25) is 0 Å². The van der Waals surface area contributed by atoms with E-state index in [0.29, 0.717) is 46.7 Å². The van der Waals surface area contributed by atoms with Crippen molar-refractivity contribution in [2.24, 2.45) is 5.92 Å². The lowest BCUT2D eigenvalue weighted by Gasteiger charge is -2.35. The highest BCUT2D eigenvalue weighted by molar-refractivity contribution is 6.02. The summed E-state index contributed by atoms with van der Waals surface area (Å²) in [6.45, 7) is 6.47. The fraction of sp³-hybridized carbons (Fsp3) is 0.447. The summed E-state index contributed by atoms with van der Waals surface area (Å²) in [5.41, 5.74) is 1.75. The molecule has 0 spiro atoms. The van der Waals surface area contributed by atoms with Crippen molar-refractivity contribution in [1.29, 1.82) is 0 Å². The number of amides is 5. The van der Waals surface area contributed by atoms with Crippen molar-refractivity contribution < 1.29 is 43.2 Å². The molecule has 4 N–H and O–H groups in total. The number of nitrogens with one attached hydrogen (secondary N) is 3. The fourth-order valence-electron chi connectivity index (χ4n) is 5.98. The lowest BCUT2D eigenvalue weighted by molar-refractivity contribution is -0.0115. The van der Waals surface area contributed by atoms with Crippen LogP contribution in [0.25, 0.3) is 0 Å². The quantitative estimate of drug-likeness (QED) is 0.218. The van der Waals surface area contributed by atoms with Crippen LogP contribution in [-0.4, -0.2) is 98.4 Å². The fourth-order valence-corrected chi connectivity index (χ4v) is 5.98. The molecule has 52 heavy (non-hydrogen) atoms. The highest BCUT2D eigenvalue weighted by atomic mass is 16.7. The molecule has 0 aromatic heterocycles. The van der Waals surface area contributed by atoms with E-state index in [2.05, 4.69) is 16.0 Å². The summed E-state index contributed by atoms with van der Waals surface area (Å²) in [5.74, 6) is 1.57. The second-order valence-electron chi connectivity index (χ2n) is 13.2. The van der Waals surface area contributed by atoms with Gasteiger partial charge in [-0.25, -0.2) is 9.59 Å². The molecule has 5 amide bonds. The highest BCUT2D eigenvalue weighted by Crippen LogP contribution is 2.34. The molecule has 0 unspecified atom stereocenters. The first-order valence-electron chi connectivity index (χ1n) is 17.5. The molecule has 0 fully saturated rings. The number of hydrogen-bond acceptors (Lipinski definition) is 9. The molecule has 14 heteroatoms. The van der Waals surface area contributed by atoms with Crippen LogP contribution in [0.15, 0.2) is 60.7 Å². The minimum Gasteiger partial charge on any atom is -0.497 e. The number of methoxy groups -OCH3 is 1. The number of anilines is 3. The molecule has 2 aliphatic heterocycles. The van der Waals surface area contributed by atoms with E-state index >= 15 is 0 Å². The van der Waals surface area contributed by atoms with E-state index < -0.39 is 18.2 Å². The molecule has 0 radical (unpaired) electrons. The van der Waals surface area contributed by atoms with Gasteiger partial charge in [0.1, 0.15) is 11.5 Å². The number of carbonyl (C=O) groups excluding carboxylic acids is 3. The van der Waals surface area contributed by atoms with Crippen LogP contribution in [0.1, 0.15) is 50.4 Å². The van der Waals surface area contributed by atoms with Gasteiger partial charge in [0.05, 0.1) is 37.5 Å². The molecule has 280 valence electrons. The second-order valence-corrected chi connectivity index (χ2v) is 13.2. The third-order valence-electron chi connectivity index (χ3n) is 9.08. The van der Waals surface area contributed by atoms with Gasteiger partial charge in [0, 0.05) is 55.8 Å². The number of aliphatic hydroxyl groups is 1. The van der Waals surface area contributed by atoms with E-state index in [1.807, 2.05) is 13.8 Å². The number of ether oxygens (including phenoxy) is 5. The van der Waals surface area contributed by atoms with E-state index in [1.54, 1.807) is 91.5 Å². The van der Waals surface area contributed by atoms with E-state index in [9.17, 15) is 19.5 Å². The number of rotatable bonds is 8. The molecule has 4 atom stereocenters. The van der Waals surface area contributed by atoms with Gasteiger partial charge >= 0.3 is 12.1 Å². The molecule has 2 aliphatic rings. The van der Waals surface area contributed by atoms with Gasteiger partial charge in [-0.2, -0.15) is 0 Å². The summed E-state index contributed by atoms with van der Waals surface area (Å²) in [7, 11) is 3.28. The maximum absolute atomic E-state index is 14.4. The minimum atomic E-state index is -0.559. The van der Waals surface area contributed by atoms with Gasteiger partial charge in [-0.1, -0.05) is 6.92 Å². The van der Waals surface area contributed by atoms with Crippen molar-refractivity contribution in [1.82, 2.24) is 9.80 Å². The summed E-state index contributed by atoms with van der Waals surface area (Å²) in [5, 5.41) is 18.8. The van der Waals surface area contributed by atoms with Crippen molar-refractivity contribution in [2.45, 2.75) is 58.3 Å². The summed E-state index contributed by atoms with van der Waals surface area (Å²) in [6, 6.07) is 15.7. The van der Waals surface area contributed by atoms with Crippen molar-refractivity contribution >= 4 is 35.0 Å². The average molecular weight is 720 g/mol. The molecule has 14 nitrogen and oxygen atoms in total. The second kappa shape index (κ2) is 17.8. The average Bonchev–Trinajstić information content (AvgIpc) is 3.61. The molecule has 0 aliphatic carbocycles. The highest BCUT2D eigenvalue weighted by Gasteiger charge is 2.31. The monoisotopic (exact) mass is 719 g/mol. The van der Waals surface area contributed by atoms with Gasteiger partial charge in [0.15, 0.2) is 11.5 Å². The van der Waals surface area contributed by atoms with Crippen molar-refractivity contribution in [3.8, 4) is 23.0 Å². The number of aliphatic hydroxyl groups excluding tert-OH is 1.